The lowest BCUT2D eigenvalue weighted by Gasteiger charge is -2.03. The van der Waals surface area contributed by atoms with E-state index in [0.29, 0.717) is 22.5 Å². The van der Waals surface area contributed by atoms with Gasteiger partial charge in [-0.15, -0.1) is 0 Å². The second-order valence-electron chi connectivity index (χ2n) is 5.61. The van der Waals surface area contributed by atoms with Crippen LogP contribution in [0.1, 0.15) is 28.5 Å². The van der Waals surface area contributed by atoms with Crippen LogP contribution in [-0.2, 0) is 0 Å². The molecule has 1 aromatic heterocycles. The molecule has 0 unspecified atom stereocenters. The predicted octanol–water partition coefficient (Wildman–Crippen LogP) is 3.13. The van der Waals surface area contributed by atoms with Gasteiger partial charge in [0.1, 0.15) is 11.4 Å². The molecule has 2 aromatic carbocycles. The summed E-state index contributed by atoms with van der Waals surface area (Å²) in [6.45, 7) is 3.16. The fraction of sp³-hybridized carbons (Fsp3) is 0.105. The number of aryl methyl sites for hydroxylation is 1. The lowest BCUT2D eigenvalue weighted by molar-refractivity contribution is 0.101. The second kappa shape index (κ2) is 6.60. The Morgan fingerprint density at radius 2 is 1.88 bits per heavy atom. The molecule has 2 N–H and O–H groups in total. The molecule has 25 heavy (non-hydrogen) atoms. The van der Waals surface area contributed by atoms with Crippen LogP contribution in [0.3, 0.4) is 0 Å². The first-order chi connectivity index (χ1) is 12.0. The molecule has 0 saturated carbocycles. The molecule has 0 atom stereocenters. The van der Waals surface area contributed by atoms with Crippen molar-refractivity contribution >= 4 is 17.7 Å². The van der Waals surface area contributed by atoms with Gasteiger partial charge in [0.2, 0.25) is 0 Å². The van der Waals surface area contributed by atoms with Gasteiger partial charge in [-0.25, -0.2) is 4.68 Å². The summed E-state index contributed by atoms with van der Waals surface area (Å²) in [6, 6.07) is 13.8. The van der Waals surface area contributed by atoms with Gasteiger partial charge >= 0.3 is 0 Å². The number of phenolic OH excluding ortho intramolecular Hbond substituents is 1. The summed E-state index contributed by atoms with van der Waals surface area (Å²) in [6.07, 6.45) is 1.37. The van der Waals surface area contributed by atoms with E-state index in [2.05, 4.69) is 10.1 Å². The van der Waals surface area contributed by atoms with Crippen LogP contribution in [0.2, 0.25) is 0 Å². The van der Waals surface area contributed by atoms with Gasteiger partial charge in [-0.3, -0.25) is 19.7 Å². The molecule has 0 radical (unpaired) electrons. The van der Waals surface area contributed by atoms with Gasteiger partial charge in [-0.2, -0.15) is 0 Å². The van der Waals surface area contributed by atoms with Crippen LogP contribution < -0.4 is 5.56 Å². The summed E-state index contributed by atoms with van der Waals surface area (Å²) in [5.41, 5.74) is 1.91. The average molecular weight is 335 g/mol. The second-order valence-corrected chi connectivity index (χ2v) is 5.61. The molecule has 1 heterocycles. The fourth-order valence-corrected chi connectivity index (χ4v) is 2.55. The summed E-state index contributed by atoms with van der Waals surface area (Å²) in [7, 11) is 0. The average Bonchev–Trinajstić information content (AvgIpc) is 2.88. The van der Waals surface area contributed by atoms with Crippen molar-refractivity contribution in [1.29, 1.82) is 0 Å². The van der Waals surface area contributed by atoms with Gasteiger partial charge in [-0.1, -0.05) is 24.3 Å². The molecule has 0 amide bonds. The molecule has 0 spiro atoms. The summed E-state index contributed by atoms with van der Waals surface area (Å²) >= 11 is 0. The Labute approximate surface area is 144 Å². The normalized spacial score (nSPS) is 11.1. The van der Waals surface area contributed by atoms with Crippen LogP contribution in [0.4, 0.5) is 5.69 Å². The number of hydrogen-bond acceptors (Lipinski definition) is 4. The number of para-hydroxylation sites is 2. The largest absolute Gasteiger partial charge is 0.506 e. The Morgan fingerprint density at radius 3 is 2.56 bits per heavy atom. The van der Waals surface area contributed by atoms with Crippen molar-refractivity contribution in [1.82, 2.24) is 9.78 Å². The highest BCUT2D eigenvalue weighted by molar-refractivity contribution is 6.01. The Kier molecular flexibility index (Phi) is 4.35. The lowest BCUT2D eigenvalue weighted by Crippen LogP contribution is -2.17. The summed E-state index contributed by atoms with van der Waals surface area (Å²) in [5, 5.41) is 13.0. The zero-order valence-corrected chi connectivity index (χ0v) is 13.9. The van der Waals surface area contributed by atoms with Crippen molar-refractivity contribution in [2.24, 2.45) is 4.99 Å². The number of Topliss-reactive ketones (excluding diaryl/α,β-unsaturated/α-hetero) is 1. The summed E-state index contributed by atoms with van der Waals surface area (Å²) in [4.78, 5) is 28.5. The Bertz CT molecular complexity index is 1010. The maximum atomic E-state index is 12.6. The quantitative estimate of drug-likeness (QED) is 0.567. The van der Waals surface area contributed by atoms with Crippen molar-refractivity contribution in [3.05, 3.63) is 75.7 Å². The van der Waals surface area contributed by atoms with Crippen molar-refractivity contribution in [3.8, 4) is 11.4 Å². The van der Waals surface area contributed by atoms with Crippen LogP contribution in [0.5, 0.6) is 5.75 Å². The minimum absolute atomic E-state index is 0.111. The molecule has 0 aliphatic heterocycles. The molecule has 0 bridgehead atoms. The molecule has 6 heteroatoms. The number of benzene rings is 2. The van der Waals surface area contributed by atoms with Gasteiger partial charge in [0, 0.05) is 17.5 Å². The topological polar surface area (TPSA) is 87.4 Å². The molecule has 6 nitrogen and oxygen atoms in total. The van der Waals surface area contributed by atoms with Crippen molar-refractivity contribution in [2.45, 2.75) is 13.8 Å². The molecule has 3 rings (SSSR count). The SMILES string of the molecule is CC(=O)c1cccc(O)c1N=Cc1c(C)[nH]n(-c2ccccc2)c1=O. The highest BCUT2D eigenvalue weighted by Crippen LogP contribution is 2.30. The van der Waals surface area contributed by atoms with Crippen LogP contribution in [0.25, 0.3) is 5.69 Å². The number of phenols is 1. The van der Waals surface area contributed by atoms with Gasteiger partial charge in [-0.05, 0) is 38.1 Å². The Morgan fingerprint density at radius 1 is 1.16 bits per heavy atom. The molecular weight excluding hydrogens is 318 g/mol. The Balaban J connectivity index is 2.06. The Hall–Kier alpha value is -3.41. The van der Waals surface area contributed by atoms with Crippen molar-refractivity contribution in [3.63, 3.8) is 0 Å². The van der Waals surface area contributed by atoms with E-state index in [1.165, 1.54) is 23.9 Å². The third kappa shape index (κ3) is 3.14. The summed E-state index contributed by atoms with van der Waals surface area (Å²) < 4.78 is 1.42. The fourth-order valence-electron chi connectivity index (χ4n) is 2.55. The van der Waals surface area contributed by atoms with E-state index >= 15 is 0 Å². The standard InChI is InChI=1S/C19H17N3O3/c1-12-16(19(25)22(21-12)14-7-4-3-5-8-14)11-20-18-15(13(2)23)9-6-10-17(18)24/h3-11,21,24H,1-2H3. The number of aromatic nitrogens is 2. The molecule has 3 aromatic rings. The van der Waals surface area contributed by atoms with E-state index in [0.717, 1.165) is 0 Å². The number of ketones is 1. The third-order valence-electron chi connectivity index (χ3n) is 3.85. The van der Waals surface area contributed by atoms with E-state index < -0.39 is 0 Å². The number of nitrogens with zero attached hydrogens (tertiary/aromatic N) is 2. The third-order valence-corrected chi connectivity index (χ3v) is 3.85. The summed E-state index contributed by atoms with van der Waals surface area (Å²) in [5.74, 6) is -0.323. The van der Waals surface area contributed by atoms with Gasteiger partial charge in [0.15, 0.2) is 5.78 Å². The van der Waals surface area contributed by atoms with Crippen LogP contribution in [0, 0.1) is 6.92 Å². The number of aromatic hydroxyl groups is 1. The number of carbonyl (C=O) groups is 1. The number of hydrogen-bond donors (Lipinski definition) is 2. The molecule has 0 aliphatic carbocycles. The molecule has 126 valence electrons. The first-order valence-corrected chi connectivity index (χ1v) is 7.73. The van der Waals surface area contributed by atoms with Crippen LogP contribution >= 0.6 is 0 Å². The van der Waals surface area contributed by atoms with E-state index in [9.17, 15) is 14.7 Å². The molecule has 0 fully saturated rings. The van der Waals surface area contributed by atoms with Crippen LogP contribution in [-0.4, -0.2) is 26.9 Å². The number of rotatable bonds is 4. The highest BCUT2D eigenvalue weighted by Gasteiger charge is 2.13. The van der Waals surface area contributed by atoms with Crippen LogP contribution in [0.15, 0.2) is 58.3 Å². The van der Waals surface area contributed by atoms with E-state index in [4.69, 9.17) is 0 Å². The number of aliphatic imine (C=N–C) groups is 1. The monoisotopic (exact) mass is 335 g/mol. The number of nitrogens with one attached hydrogen (secondary N) is 1. The maximum absolute atomic E-state index is 12.6. The molecule has 0 saturated heterocycles. The van der Waals surface area contributed by atoms with Crippen molar-refractivity contribution in [2.75, 3.05) is 0 Å². The predicted molar refractivity (Wildman–Crippen MR) is 96.5 cm³/mol. The first-order valence-electron chi connectivity index (χ1n) is 7.73. The van der Waals surface area contributed by atoms with Gasteiger partial charge < -0.3 is 5.11 Å². The molecule has 0 aliphatic rings. The van der Waals surface area contributed by atoms with Gasteiger partial charge in [0.05, 0.1) is 11.3 Å². The number of carbonyl (C=O) groups excluding carboxylic acids is 1. The van der Waals surface area contributed by atoms with Gasteiger partial charge in [0.25, 0.3) is 5.56 Å². The number of aromatic amines is 1. The first kappa shape index (κ1) is 16.4. The number of H-pyrrole nitrogens is 1. The smallest absolute Gasteiger partial charge is 0.280 e. The van der Waals surface area contributed by atoms with E-state index in [1.807, 2.05) is 30.3 Å². The van der Waals surface area contributed by atoms with Crippen molar-refractivity contribution < 1.29 is 9.90 Å². The zero-order valence-electron chi connectivity index (χ0n) is 13.9. The maximum Gasteiger partial charge on any atom is 0.280 e. The minimum atomic E-state index is -0.257. The lowest BCUT2D eigenvalue weighted by atomic mass is 10.1. The molecular formula is C19H17N3O3. The zero-order chi connectivity index (χ0) is 18.0. The minimum Gasteiger partial charge on any atom is -0.506 e. The van der Waals surface area contributed by atoms with E-state index in [1.54, 1.807) is 19.1 Å². The van der Waals surface area contributed by atoms with E-state index in [-0.39, 0.29) is 22.8 Å². The highest BCUT2D eigenvalue weighted by atomic mass is 16.3.